The summed E-state index contributed by atoms with van der Waals surface area (Å²) in [6.45, 7) is 3.67. The molecule has 1 saturated heterocycles. The molecule has 0 aromatic heterocycles. The molecule has 9 heteroatoms. The summed E-state index contributed by atoms with van der Waals surface area (Å²) in [6.07, 6.45) is 0.639. The van der Waals surface area contributed by atoms with E-state index in [1.165, 1.54) is 10.4 Å². The molecular weight excluding hydrogens is 472 g/mol. The van der Waals surface area contributed by atoms with Crippen LogP contribution < -0.4 is 10.1 Å². The zero-order chi connectivity index (χ0) is 21.3. The fraction of sp³-hybridized carbons (Fsp3) is 0.381. The van der Waals surface area contributed by atoms with Crippen molar-refractivity contribution in [1.29, 1.82) is 0 Å². The van der Waals surface area contributed by atoms with Crippen LogP contribution in [0.2, 0.25) is 0 Å². The van der Waals surface area contributed by atoms with E-state index in [1.807, 2.05) is 18.2 Å². The third kappa shape index (κ3) is 4.25. The van der Waals surface area contributed by atoms with Gasteiger partial charge in [-0.25, -0.2) is 8.42 Å². The van der Waals surface area contributed by atoms with Gasteiger partial charge in [0.15, 0.2) is 0 Å². The van der Waals surface area contributed by atoms with Gasteiger partial charge >= 0.3 is 0 Å². The molecule has 160 valence electrons. The van der Waals surface area contributed by atoms with Gasteiger partial charge in [0.2, 0.25) is 10.0 Å². The lowest BCUT2D eigenvalue weighted by molar-refractivity contribution is 0.0730. The number of ether oxygens (including phenoxy) is 2. The van der Waals surface area contributed by atoms with Crippen LogP contribution in [0, 0.1) is 6.92 Å². The Kier molecular flexibility index (Phi) is 6.15. The van der Waals surface area contributed by atoms with Crippen LogP contribution in [0.25, 0.3) is 0 Å². The molecule has 0 saturated carbocycles. The molecule has 1 unspecified atom stereocenters. The van der Waals surface area contributed by atoms with Crippen molar-refractivity contribution in [3.05, 3.63) is 57.6 Å². The first-order valence-corrected chi connectivity index (χ1v) is 12.0. The van der Waals surface area contributed by atoms with Crippen LogP contribution in [0.5, 0.6) is 5.75 Å². The number of nitrogens with one attached hydrogen (secondary N) is 1. The van der Waals surface area contributed by atoms with E-state index in [0.717, 1.165) is 21.3 Å². The van der Waals surface area contributed by atoms with Crippen LogP contribution in [0.15, 0.2) is 45.8 Å². The predicted octanol–water partition coefficient (Wildman–Crippen LogP) is 3.03. The van der Waals surface area contributed by atoms with Crippen molar-refractivity contribution in [2.24, 2.45) is 0 Å². The Hall–Kier alpha value is -1.94. The maximum Gasteiger partial charge on any atom is 0.252 e. The summed E-state index contributed by atoms with van der Waals surface area (Å²) in [5.41, 5.74) is 1.97. The monoisotopic (exact) mass is 494 g/mol. The van der Waals surface area contributed by atoms with Crippen molar-refractivity contribution in [2.45, 2.75) is 24.3 Å². The van der Waals surface area contributed by atoms with Crippen molar-refractivity contribution in [2.75, 3.05) is 32.9 Å². The Morgan fingerprint density at radius 2 is 1.90 bits per heavy atom. The molecule has 2 aromatic rings. The molecule has 1 atom stereocenters. The normalized spacial score (nSPS) is 19.6. The van der Waals surface area contributed by atoms with Gasteiger partial charge in [0.25, 0.3) is 5.91 Å². The van der Waals surface area contributed by atoms with Gasteiger partial charge in [0, 0.05) is 35.1 Å². The summed E-state index contributed by atoms with van der Waals surface area (Å²) in [4.78, 5) is 13.2. The highest BCUT2D eigenvalue weighted by molar-refractivity contribution is 9.10. The molecule has 2 aromatic carbocycles. The molecule has 0 aliphatic carbocycles. The van der Waals surface area contributed by atoms with Gasteiger partial charge < -0.3 is 14.8 Å². The summed E-state index contributed by atoms with van der Waals surface area (Å²) in [5.74, 6) is 0.444. The lowest BCUT2D eigenvalue weighted by atomic mass is 9.99. The number of halogens is 1. The summed E-state index contributed by atoms with van der Waals surface area (Å²) >= 11 is 3.46. The van der Waals surface area contributed by atoms with Crippen LogP contribution in [0.1, 0.15) is 33.9 Å². The average Bonchev–Trinajstić information content (AvgIpc) is 2.75. The highest BCUT2D eigenvalue weighted by atomic mass is 79.9. The maximum atomic E-state index is 13.1. The fourth-order valence-electron chi connectivity index (χ4n) is 3.69. The topological polar surface area (TPSA) is 84.9 Å². The second-order valence-electron chi connectivity index (χ2n) is 7.34. The molecule has 1 N–H and O–H groups in total. The van der Waals surface area contributed by atoms with Crippen LogP contribution in [-0.2, 0) is 14.8 Å². The molecule has 0 radical (unpaired) electrons. The number of sulfonamides is 1. The van der Waals surface area contributed by atoms with E-state index >= 15 is 0 Å². The number of carbonyl (C=O) groups excluding carboxylic acids is 1. The molecule has 2 aliphatic rings. The third-order valence-corrected chi connectivity index (χ3v) is 7.77. The molecule has 4 rings (SSSR count). The first kappa shape index (κ1) is 21.3. The largest absolute Gasteiger partial charge is 0.493 e. The zero-order valence-corrected chi connectivity index (χ0v) is 19.0. The van der Waals surface area contributed by atoms with Crippen molar-refractivity contribution >= 4 is 31.9 Å². The van der Waals surface area contributed by atoms with E-state index in [1.54, 1.807) is 19.1 Å². The van der Waals surface area contributed by atoms with Crippen LogP contribution in [0.4, 0.5) is 0 Å². The van der Waals surface area contributed by atoms with Crippen LogP contribution >= 0.6 is 15.9 Å². The highest BCUT2D eigenvalue weighted by Gasteiger charge is 2.28. The number of nitrogens with zero attached hydrogens (tertiary/aromatic N) is 1. The van der Waals surface area contributed by atoms with E-state index in [2.05, 4.69) is 21.2 Å². The Labute approximate surface area is 184 Å². The van der Waals surface area contributed by atoms with Crippen molar-refractivity contribution < 1.29 is 22.7 Å². The second-order valence-corrected chi connectivity index (χ2v) is 10.2. The number of fused-ring (bicyclic) bond motifs is 1. The molecule has 7 nitrogen and oxygen atoms in total. The Morgan fingerprint density at radius 3 is 2.67 bits per heavy atom. The van der Waals surface area contributed by atoms with Gasteiger partial charge in [-0.15, -0.1) is 0 Å². The van der Waals surface area contributed by atoms with Crippen molar-refractivity contribution in [1.82, 2.24) is 9.62 Å². The number of aryl methyl sites for hydroxylation is 1. The van der Waals surface area contributed by atoms with Crippen LogP contribution in [0.3, 0.4) is 0 Å². The maximum absolute atomic E-state index is 13.1. The quantitative estimate of drug-likeness (QED) is 0.705. The standard InChI is InChI=1S/C21H23BrN2O5S/c1-14-2-4-16(30(26,27)24-7-10-28-11-8-24)13-17(14)21(25)23-19-6-9-29-20-5-3-15(22)12-18(19)20/h2-5,12-13,19H,6-11H2,1H3,(H,23,25). The van der Waals surface area contributed by atoms with Gasteiger partial charge in [-0.05, 0) is 42.8 Å². The minimum Gasteiger partial charge on any atom is -0.493 e. The predicted molar refractivity (Wildman–Crippen MR) is 115 cm³/mol. The minimum absolute atomic E-state index is 0.121. The van der Waals surface area contributed by atoms with Crippen molar-refractivity contribution in [3.63, 3.8) is 0 Å². The number of hydrogen-bond donors (Lipinski definition) is 1. The van der Waals surface area contributed by atoms with Crippen molar-refractivity contribution in [3.8, 4) is 5.75 Å². The number of morpholine rings is 1. The van der Waals surface area contributed by atoms with Gasteiger partial charge in [-0.3, -0.25) is 4.79 Å². The van der Waals surface area contributed by atoms with Gasteiger partial charge in [-0.1, -0.05) is 22.0 Å². The molecule has 1 fully saturated rings. The third-order valence-electron chi connectivity index (χ3n) is 5.38. The molecule has 1 amide bonds. The number of benzene rings is 2. The first-order valence-electron chi connectivity index (χ1n) is 9.78. The summed E-state index contributed by atoms with van der Waals surface area (Å²) in [7, 11) is -3.68. The van der Waals surface area contributed by atoms with Gasteiger partial charge in [-0.2, -0.15) is 4.31 Å². The lowest BCUT2D eigenvalue weighted by Gasteiger charge is -2.28. The zero-order valence-electron chi connectivity index (χ0n) is 16.6. The average molecular weight is 495 g/mol. The van der Waals surface area contributed by atoms with Gasteiger partial charge in [0.1, 0.15) is 5.75 Å². The molecular formula is C21H23BrN2O5S. The molecule has 30 heavy (non-hydrogen) atoms. The lowest BCUT2D eigenvalue weighted by Crippen LogP contribution is -2.40. The number of rotatable bonds is 4. The minimum atomic E-state index is -3.68. The van der Waals surface area contributed by atoms with Crippen LogP contribution in [-0.4, -0.2) is 51.5 Å². The molecule has 0 bridgehead atoms. The number of amides is 1. The van der Waals surface area contributed by atoms with E-state index in [4.69, 9.17) is 9.47 Å². The Balaban J connectivity index is 1.60. The number of carbonyl (C=O) groups is 1. The van der Waals surface area contributed by atoms with Gasteiger partial charge in [0.05, 0.1) is 30.8 Å². The highest BCUT2D eigenvalue weighted by Crippen LogP contribution is 2.34. The number of hydrogen-bond acceptors (Lipinski definition) is 5. The fourth-order valence-corrected chi connectivity index (χ4v) is 5.51. The van der Waals surface area contributed by atoms with E-state index in [9.17, 15) is 13.2 Å². The summed E-state index contributed by atoms with van der Waals surface area (Å²) in [6, 6.07) is 10.2. The summed E-state index contributed by atoms with van der Waals surface area (Å²) < 4.78 is 39.2. The Morgan fingerprint density at radius 1 is 1.13 bits per heavy atom. The molecule has 0 spiro atoms. The van der Waals surface area contributed by atoms with E-state index < -0.39 is 10.0 Å². The molecule has 2 aliphatic heterocycles. The van der Waals surface area contributed by atoms with E-state index in [-0.39, 0.29) is 16.8 Å². The summed E-state index contributed by atoms with van der Waals surface area (Å²) in [5, 5.41) is 3.05. The molecule has 2 heterocycles. The SMILES string of the molecule is Cc1ccc(S(=O)(=O)N2CCOCC2)cc1C(=O)NC1CCOc2ccc(Br)cc21. The van der Waals surface area contributed by atoms with E-state index in [0.29, 0.717) is 44.9 Å². The smallest absolute Gasteiger partial charge is 0.252 e. The Bertz CT molecular complexity index is 1070. The first-order chi connectivity index (χ1) is 14.4. The second kappa shape index (κ2) is 8.66.